The van der Waals surface area contributed by atoms with Crippen molar-refractivity contribution in [3.8, 4) is 0 Å². The molecule has 0 unspecified atom stereocenters. The first-order valence-corrected chi connectivity index (χ1v) is 3.95. The Kier molecular flexibility index (Phi) is 1.46. The minimum atomic E-state index is 0.804. The number of nitrogens with zero attached hydrogens (tertiary/aromatic N) is 1. The highest BCUT2D eigenvalue weighted by molar-refractivity contribution is 5.11. The summed E-state index contributed by atoms with van der Waals surface area (Å²) in [6.45, 7) is 0. The highest BCUT2D eigenvalue weighted by atomic mass is 15.1. The van der Waals surface area contributed by atoms with E-state index >= 15 is 0 Å². The number of aromatic amines is 1. The van der Waals surface area contributed by atoms with Crippen molar-refractivity contribution in [2.45, 2.75) is 31.6 Å². The second-order valence-corrected chi connectivity index (χ2v) is 3.01. The van der Waals surface area contributed by atoms with Crippen LogP contribution in [-0.4, -0.2) is 10.2 Å². The van der Waals surface area contributed by atoms with Gasteiger partial charge in [-0.15, -0.1) is 0 Å². The Hall–Kier alpha value is -0.790. The van der Waals surface area contributed by atoms with Crippen molar-refractivity contribution in [2.75, 3.05) is 0 Å². The minimum Gasteiger partial charge on any atom is -0.285 e. The van der Waals surface area contributed by atoms with Gasteiger partial charge in [0.2, 0.25) is 0 Å². The molecule has 54 valence electrons. The van der Waals surface area contributed by atoms with E-state index in [0.717, 1.165) is 5.92 Å². The van der Waals surface area contributed by atoms with Crippen LogP contribution in [0.3, 0.4) is 0 Å². The van der Waals surface area contributed by atoms with Gasteiger partial charge in [-0.25, -0.2) is 0 Å². The maximum Gasteiger partial charge on any atom is 0.0522 e. The van der Waals surface area contributed by atoms with E-state index in [1.165, 1.54) is 31.2 Å². The van der Waals surface area contributed by atoms with Crippen LogP contribution in [0.25, 0.3) is 0 Å². The van der Waals surface area contributed by atoms with Crippen molar-refractivity contribution in [3.63, 3.8) is 0 Å². The summed E-state index contributed by atoms with van der Waals surface area (Å²) in [6.07, 6.45) is 9.50. The Morgan fingerprint density at radius 1 is 1.40 bits per heavy atom. The molecular weight excluding hydrogens is 124 g/mol. The summed E-state index contributed by atoms with van der Waals surface area (Å²) in [5.74, 6) is 0.804. The van der Waals surface area contributed by atoms with E-state index in [4.69, 9.17) is 0 Å². The van der Waals surface area contributed by atoms with Gasteiger partial charge in [0.15, 0.2) is 0 Å². The predicted molar refractivity (Wildman–Crippen MR) is 39.8 cm³/mol. The summed E-state index contributed by atoms with van der Waals surface area (Å²) in [5.41, 5.74) is 1.40. The van der Waals surface area contributed by atoms with Crippen LogP contribution in [0.5, 0.6) is 0 Å². The molecule has 0 atom stereocenters. The maximum atomic E-state index is 3.94. The molecule has 1 N–H and O–H groups in total. The second kappa shape index (κ2) is 2.45. The smallest absolute Gasteiger partial charge is 0.0522 e. The molecule has 0 aromatic carbocycles. The summed E-state index contributed by atoms with van der Waals surface area (Å²) in [5, 5.41) is 6.80. The summed E-state index contributed by atoms with van der Waals surface area (Å²) in [7, 11) is 0. The summed E-state index contributed by atoms with van der Waals surface area (Å²) < 4.78 is 0. The Labute approximate surface area is 60.6 Å². The van der Waals surface area contributed by atoms with Gasteiger partial charge in [-0.2, -0.15) is 5.10 Å². The molecule has 1 fully saturated rings. The molecule has 1 saturated carbocycles. The normalized spacial score (nSPS) is 20.0. The molecule has 1 aliphatic carbocycles. The molecule has 10 heavy (non-hydrogen) atoms. The van der Waals surface area contributed by atoms with E-state index < -0.39 is 0 Å². The highest BCUT2D eigenvalue weighted by Crippen LogP contribution is 2.33. The van der Waals surface area contributed by atoms with E-state index in [1.807, 2.05) is 12.4 Å². The van der Waals surface area contributed by atoms with Crippen molar-refractivity contribution >= 4 is 0 Å². The van der Waals surface area contributed by atoms with Crippen molar-refractivity contribution < 1.29 is 0 Å². The van der Waals surface area contributed by atoms with Gasteiger partial charge >= 0.3 is 0 Å². The number of hydrogen-bond donors (Lipinski definition) is 1. The minimum absolute atomic E-state index is 0.804. The fourth-order valence-corrected chi connectivity index (χ4v) is 1.74. The van der Waals surface area contributed by atoms with Gasteiger partial charge in [-0.05, 0) is 24.3 Å². The average molecular weight is 136 g/mol. The summed E-state index contributed by atoms with van der Waals surface area (Å²) in [4.78, 5) is 0. The number of hydrogen-bond acceptors (Lipinski definition) is 1. The van der Waals surface area contributed by atoms with Crippen molar-refractivity contribution in [3.05, 3.63) is 18.0 Å². The predicted octanol–water partition coefficient (Wildman–Crippen LogP) is 2.07. The second-order valence-electron chi connectivity index (χ2n) is 3.01. The molecule has 0 aliphatic heterocycles. The molecule has 1 aromatic heterocycles. The summed E-state index contributed by atoms with van der Waals surface area (Å²) in [6, 6.07) is 0. The first-order chi connectivity index (χ1) is 4.97. The van der Waals surface area contributed by atoms with Gasteiger partial charge in [0, 0.05) is 6.20 Å². The molecule has 0 amide bonds. The van der Waals surface area contributed by atoms with E-state index in [9.17, 15) is 0 Å². The van der Waals surface area contributed by atoms with Crippen LogP contribution in [0.4, 0.5) is 0 Å². The van der Waals surface area contributed by atoms with Crippen LogP contribution in [0.15, 0.2) is 12.4 Å². The van der Waals surface area contributed by atoms with Crippen molar-refractivity contribution in [1.82, 2.24) is 10.2 Å². The van der Waals surface area contributed by atoms with Crippen LogP contribution in [0, 0.1) is 0 Å². The third-order valence-electron chi connectivity index (χ3n) is 2.35. The Balaban J connectivity index is 2.12. The van der Waals surface area contributed by atoms with Crippen LogP contribution < -0.4 is 0 Å². The van der Waals surface area contributed by atoms with Gasteiger partial charge in [-0.3, -0.25) is 5.10 Å². The molecule has 2 rings (SSSR count). The van der Waals surface area contributed by atoms with E-state index in [1.54, 1.807) is 0 Å². The topological polar surface area (TPSA) is 28.7 Å². The number of H-pyrrole nitrogens is 1. The summed E-state index contributed by atoms with van der Waals surface area (Å²) >= 11 is 0. The zero-order chi connectivity index (χ0) is 6.81. The first-order valence-electron chi connectivity index (χ1n) is 3.95. The average Bonchev–Trinajstić information content (AvgIpc) is 2.59. The van der Waals surface area contributed by atoms with Crippen LogP contribution >= 0.6 is 0 Å². The number of aromatic nitrogens is 2. The van der Waals surface area contributed by atoms with Crippen LogP contribution in [0.2, 0.25) is 0 Å². The lowest BCUT2D eigenvalue weighted by Gasteiger charge is -2.02. The zero-order valence-corrected chi connectivity index (χ0v) is 6.01. The van der Waals surface area contributed by atoms with E-state index in [0.29, 0.717) is 0 Å². The van der Waals surface area contributed by atoms with Crippen molar-refractivity contribution in [2.24, 2.45) is 0 Å². The molecule has 2 heteroatoms. The number of rotatable bonds is 1. The largest absolute Gasteiger partial charge is 0.285 e. The van der Waals surface area contributed by atoms with Crippen LogP contribution in [0.1, 0.15) is 37.2 Å². The monoisotopic (exact) mass is 136 g/mol. The molecule has 1 aromatic rings. The van der Waals surface area contributed by atoms with Gasteiger partial charge in [0.05, 0.1) is 6.20 Å². The molecule has 2 nitrogen and oxygen atoms in total. The first kappa shape index (κ1) is 5.96. The van der Waals surface area contributed by atoms with Crippen molar-refractivity contribution in [1.29, 1.82) is 0 Å². The Bertz CT molecular complexity index is 185. The Morgan fingerprint density at radius 2 is 2.20 bits per heavy atom. The quantitative estimate of drug-likeness (QED) is 0.629. The third kappa shape index (κ3) is 0.939. The van der Waals surface area contributed by atoms with Gasteiger partial charge in [0.25, 0.3) is 0 Å². The fraction of sp³-hybridized carbons (Fsp3) is 0.625. The lowest BCUT2D eigenvalue weighted by atomic mass is 10.0. The van der Waals surface area contributed by atoms with Crippen LogP contribution in [-0.2, 0) is 0 Å². The lowest BCUT2D eigenvalue weighted by Crippen LogP contribution is -1.87. The standard InChI is InChI=1S/C8H12N2/c1-2-4-7(3-1)8-5-9-10-6-8/h5-7H,1-4H2,(H,9,10). The highest BCUT2D eigenvalue weighted by Gasteiger charge is 2.16. The van der Waals surface area contributed by atoms with E-state index in [2.05, 4.69) is 10.2 Å². The fourth-order valence-electron chi connectivity index (χ4n) is 1.74. The third-order valence-corrected chi connectivity index (χ3v) is 2.35. The molecule has 0 saturated heterocycles. The molecule has 1 aliphatic rings. The zero-order valence-electron chi connectivity index (χ0n) is 6.01. The number of nitrogens with one attached hydrogen (secondary N) is 1. The van der Waals surface area contributed by atoms with E-state index in [-0.39, 0.29) is 0 Å². The molecule has 0 spiro atoms. The molecule has 0 bridgehead atoms. The lowest BCUT2D eigenvalue weighted by molar-refractivity contribution is 0.724. The van der Waals surface area contributed by atoms with Gasteiger partial charge in [0.1, 0.15) is 0 Å². The maximum absolute atomic E-state index is 3.94. The Morgan fingerprint density at radius 3 is 2.80 bits per heavy atom. The molecule has 0 radical (unpaired) electrons. The van der Waals surface area contributed by atoms with Gasteiger partial charge in [-0.1, -0.05) is 12.8 Å². The van der Waals surface area contributed by atoms with Gasteiger partial charge < -0.3 is 0 Å². The SMILES string of the molecule is c1n[nH]cc1C1CCCC1. The molecule has 1 heterocycles. The molecular formula is C8H12N2.